The third kappa shape index (κ3) is 4.01. The fraction of sp³-hybridized carbons (Fsp3) is 0.0909. The van der Waals surface area contributed by atoms with Gasteiger partial charge in [-0.1, -0.05) is 30.3 Å². The van der Waals surface area contributed by atoms with E-state index < -0.39 is 0 Å². The van der Waals surface area contributed by atoms with Gasteiger partial charge in [0.15, 0.2) is 0 Å². The van der Waals surface area contributed by atoms with E-state index in [2.05, 4.69) is 20.6 Å². The predicted octanol–water partition coefficient (Wildman–Crippen LogP) is 5.13. The number of ether oxygens (including phenoxy) is 1. The van der Waals surface area contributed by atoms with Crippen molar-refractivity contribution in [2.45, 2.75) is 6.54 Å². The number of methoxy groups -OCH3 is 1. The molecule has 0 saturated carbocycles. The number of benzene rings is 3. The van der Waals surface area contributed by atoms with Gasteiger partial charge in [-0.15, -0.1) is 0 Å². The lowest BCUT2D eigenvalue weighted by Gasteiger charge is -2.12. The fourth-order valence-electron chi connectivity index (χ4n) is 2.89. The average Bonchev–Trinajstić information content (AvgIpc) is 2.73. The molecule has 28 heavy (non-hydrogen) atoms. The van der Waals surface area contributed by atoms with E-state index in [1.807, 2.05) is 48.5 Å². The third-order valence-corrected chi connectivity index (χ3v) is 4.30. The Hall–Kier alpha value is -3.67. The van der Waals surface area contributed by atoms with Crippen LogP contribution in [0.15, 0.2) is 72.8 Å². The number of para-hydroxylation sites is 1. The number of rotatable bonds is 6. The van der Waals surface area contributed by atoms with Crippen molar-refractivity contribution in [1.82, 2.24) is 9.97 Å². The van der Waals surface area contributed by atoms with Gasteiger partial charge in [0.2, 0.25) is 5.95 Å². The van der Waals surface area contributed by atoms with E-state index in [4.69, 9.17) is 4.74 Å². The summed E-state index contributed by atoms with van der Waals surface area (Å²) in [7, 11) is 1.63. The molecule has 2 N–H and O–H groups in total. The molecule has 0 aliphatic heterocycles. The summed E-state index contributed by atoms with van der Waals surface area (Å²) in [6.07, 6.45) is 0. The van der Waals surface area contributed by atoms with Crippen LogP contribution in [0.2, 0.25) is 0 Å². The minimum Gasteiger partial charge on any atom is -0.497 e. The monoisotopic (exact) mass is 374 g/mol. The lowest BCUT2D eigenvalue weighted by Crippen LogP contribution is -2.06. The number of hydrogen-bond acceptors (Lipinski definition) is 5. The topological polar surface area (TPSA) is 59.1 Å². The number of nitrogens with zero attached hydrogens (tertiary/aromatic N) is 2. The highest BCUT2D eigenvalue weighted by atomic mass is 19.1. The summed E-state index contributed by atoms with van der Waals surface area (Å²) in [6, 6.07) is 21.8. The molecule has 140 valence electrons. The molecule has 5 nitrogen and oxygen atoms in total. The maximum absolute atomic E-state index is 13.1. The van der Waals surface area contributed by atoms with Crippen molar-refractivity contribution in [2.75, 3.05) is 17.7 Å². The van der Waals surface area contributed by atoms with Crippen LogP contribution in [0.1, 0.15) is 5.56 Å². The number of anilines is 3. The smallest absolute Gasteiger partial charge is 0.229 e. The largest absolute Gasteiger partial charge is 0.497 e. The van der Waals surface area contributed by atoms with Crippen LogP contribution in [0.3, 0.4) is 0 Å². The van der Waals surface area contributed by atoms with E-state index in [0.717, 1.165) is 27.9 Å². The second kappa shape index (κ2) is 7.92. The third-order valence-electron chi connectivity index (χ3n) is 4.30. The molecule has 4 rings (SSSR count). The van der Waals surface area contributed by atoms with Gasteiger partial charge in [0.25, 0.3) is 0 Å². The zero-order valence-corrected chi connectivity index (χ0v) is 15.3. The lowest BCUT2D eigenvalue weighted by molar-refractivity contribution is 0.415. The first-order valence-corrected chi connectivity index (χ1v) is 8.87. The van der Waals surface area contributed by atoms with Crippen molar-refractivity contribution in [3.05, 3.63) is 84.2 Å². The van der Waals surface area contributed by atoms with Gasteiger partial charge in [-0.2, -0.15) is 4.98 Å². The first-order chi connectivity index (χ1) is 13.7. The summed E-state index contributed by atoms with van der Waals surface area (Å²) in [5.41, 5.74) is 2.62. The Morgan fingerprint density at radius 1 is 0.929 bits per heavy atom. The van der Waals surface area contributed by atoms with Gasteiger partial charge in [0.1, 0.15) is 17.4 Å². The SMILES string of the molecule is COc1cccc(Nc2nc(NCc3ccc(F)cc3)c3ccccc3n2)c1. The van der Waals surface area contributed by atoms with Crippen molar-refractivity contribution in [1.29, 1.82) is 0 Å². The molecule has 0 aliphatic carbocycles. The molecule has 1 aromatic heterocycles. The van der Waals surface area contributed by atoms with Crippen LogP contribution in [0.5, 0.6) is 5.75 Å². The number of halogens is 1. The molecule has 0 aliphatic rings. The van der Waals surface area contributed by atoms with Crippen LogP contribution in [0, 0.1) is 5.82 Å². The number of aromatic nitrogens is 2. The van der Waals surface area contributed by atoms with E-state index in [9.17, 15) is 4.39 Å². The normalized spacial score (nSPS) is 10.6. The molecule has 3 aromatic carbocycles. The summed E-state index contributed by atoms with van der Waals surface area (Å²) in [5.74, 6) is 1.69. The van der Waals surface area contributed by atoms with E-state index >= 15 is 0 Å². The van der Waals surface area contributed by atoms with Crippen LogP contribution < -0.4 is 15.4 Å². The van der Waals surface area contributed by atoms with Crippen LogP contribution in [0.4, 0.5) is 21.8 Å². The number of nitrogens with one attached hydrogen (secondary N) is 2. The molecule has 6 heteroatoms. The molecule has 0 radical (unpaired) electrons. The highest BCUT2D eigenvalue weighted by molar-refractivity contribution is 5.90. The second-order valence-electron chi connectivity index (χ2n) is 6.25. The summed E-state index contributed by atoms with van der Waals surface area (Å²) < 4.78 is 18.4. The first-order valence-electron chi connectivity index (χ1n) is 8.87. The van der Waals surface area contributed by atoms with Crippen molar-refractivity contribution >= 4 is 28.4 Å². The molecule has 0 unspecified atom stereocenters. The van der Waals surface area contributed by atoms with Crippen molar-refractivity contribution in [3.8, 4) is 5.75 Å². The highest BCUT2D eigenvalue weighted by Gasteiger charge is 2.08. The Morgan fingerprint density at radius 3 is 2.57 bits per heavy atom. The molecule has 0 atom stereocenters. The van der Waals surface area contributed by atoms with Crippen LogP contribution in [-0.2, 0) is 6.54 Å². The Bertz CT molecular complexity index is 1100. The molecule has 4 aromatic rings. The summed E-state index contributed by atoms with van der Waals surface area (Å²) in [4.78, 5) is 9.24. The molecular weight excluding hydrogens is 355 g/mol. The number of hydrogen-bond donors (Lipinski definition) is 2. The van der Waals surface area contributed by atoms with Crippen molar-refractivity contribution in [2.24, 2.45) is 0 Å². The molecule has 0 amide bonds. The average molecular weight is 374 g/mol. The van der Waals surface area contributed by atoms with Gasteiger partial charge in [-0.05, 0) is 42.0 Å². The van der Waals surface area contributed by atoms with Gasteiger partial charge < -0.3 is 15.4 Å². The molecule has 0 saturated heterocycles. The fourth-order valence-corrected chi connectivity index (χ4v) is 2.89. The van der Waals surface area contributed by atoms with Gasteiger partial charge in [-0.25, -0.2) is 9.37 Å². The molecular formula is C22H19FN4O. The van der Waals surface area contributed by atoms with Crippen LogP contribution >= 0.6 is 0 Å². The van der Waals surface area contributed by atoms with Crippen molar-refractivity contribution in [3.63, 3.8) is 0 Å². The Kier molecular flexibility index (Phi) is 5.01. The van der Waals surface area contributed by atoms with E-state index in [1.165, 1.54) is 12.1 Å². The number of fused-ring (bicyclic) bond motifs is 1. The van der Waals surface area contributed by atoms with Gasteiger partial charge in [0.05, 0.1) is 12.6 Å². The minimum atomic E-state index is -0.249. The highest BCUT2D eigenvalue weighted by Crippen LogP contribution is 2.25. The molecule has 0 spiro atoms. The Morgan fingerprint density at radius 2 is 1.75 bits per heavy atom. The zero-order valence-electron chi connectivity index (χ0n) is 15.3. The quantitative estimate of drug-likeness (QED) is 0.490. The van der Waals surface area contributed by atoms with Crippen LogP contribution in [0.25, 0.3) is 10.9 Å². The maximum atomic E-state index is 13.1. The summed E-state index contributed by atoms with van der Waals surface area (Å²) in [5, 5.41) is 7.48. The summed E-state index contributed by atoms with van der Waals surface area (Å²) >= 11 is 0. The lowest BCUT2D eigenvalue weighted by atomic mass is 10.2. The van der Waals surface area contributed by atoms with E-state index in [0.29, 0.717) is 18.3 Å². The van der Waals surface area contributed by atoms with Gasteiger partial charge in [-0.3, -0.25) is 0 Å². The Labute approximate surface area is 162 Å². The Balaban J connectivity index is 1.63. The first kappa shape index (κ1) is 17.7. The molecule has 0 fully saturated rings. The van der Waals surface area contributed by atoms with Crippen LogP contribution in [-0.4, -0.2) is 17.1 Å². The molecule has 0 bridgehead atoms. The van der Waals surface area contributed by atoms with E-state index in [-0.39, 0.29) is 5.82 Å². The van der Waals surface area contributed by atoms with E-state index in [1.54, 1.807) is 19.2 Å². The zero-order chi connectivity index (χ0) is 19.3. The summed E-state index contributed by atoms with van der Waals surface area (Å²) in [6.45, 7) is 0.528. The second-order valence-corrected chi connectivity index (χ2v) is 6.25. The van der Waals surface area contributed by atoms with Gasteiger partial charge in [0, 0.05) is 23.7 Å². The predicted molar refractivity (Wildman–Crippen MR) is 110 cm³/mol. The van der Waals surface area contributed by atoms with Crippen molar-refractivity contribution < 1.29 is 9.13 Å². The molecule has 1 heterocycles. The minimum absolute atomic E-state index is 0.249. The standard InChI is InChI=1S/C22H19FN4O/c1-28-18-6-4-5-17(13-18)25-22-26-20-8-3-2-7-19(20)21(27-22)24-14-15-9-11-16(23)12-10-15/h2-13H,14H2,1H3,(H2,24,25,26,27). The maximum Gasteiger partial charge on any atom is 0.229 e. The van der Waals surface area contributed by atoms with Gasteiger partial charge >= 0.3 is 0 Å².